The van der Waals surface area contributed by atoms with Gasteiger partial charge >= 0.3 is 0 Å². The molecule has 2 aromatic rings. The number of hydrogen-bond donors (Lipinski definition) is 0. The van der Waals surface area contributed by atoms with Crippen LogP contribution in [0.3, 0.4) is 0 Å². The van der Waals surface area contributed by atoms with Crippen LogP contribution in [0.5, 0.6) is 0 Å². The minimum Gasteiger partial charge on any atom is -0.293 e. The maximum atomic E-state index is 11.8. The number of fused-ring (bicyclic) bond motifs is 3. The van der Waals surface area contributed by atoms with E-state index < -0.39 is 0 Å². The van der Waals surface area contributed by atoms with Crippen molar-refractivity contribution in [3.05, 3.63) is 34.7 Å². The zero-order chi connectivity index (χ0) is 10.6. The standard InChI is InChI=1S/C11H6Br2OS/c12-11(13)5-7(14)10-9(11)6-3-1-2-4-8(6)15-10/h1-4H,5H2. The van der Waals surface area contributed by atoms with E-state index in [0.29, 0.717) is 6.42 Å². The van der Waals surface area contributed by atoms with Crippen molar-refractivity contribution in [1.82, 2.24) is 0 Å². The third-order valence-corrected chi connectivity index (χ3v) is 5.16. The minimum absolute atomic E-state index is 0.222. The lowest BCUT2D eigenvalue weighted by Gasteiger charge is -2.12. The summed E-state index contributed by atoms with van der Waals surface area (Å²) in [5.41, 5.74) is 1.10. The van der Waals surface area contributed by atoms with Gasteiger partial charge in [0.15, 0.2) is 5.78 Å². The summed E-state index contributed by atoms with van der Waals surface area (Å²) < 4.78 is 0.824. The summed E-state index contributed by atoms with van der Waals surface area (Å²) in [7, 11) is 0. The molecule has 1 aliphatic rings. The lowest BCUT2D eigenvalue weighted by Crippen LogP contribution is -2.03. The Morgan fingerprint density at radius 3 is 2.80 bits per heavy atom. The van der Waals surface area contributed by atoms with E-state index in [2.05, 4.69) is 44.0 Å². The fourth-order valence-corrected chi connectivity index (χ4v) is 4.79. The second-order valence-corrected chi connectivity index (χ2v) is 8.43. The van der Waals surface area contributed by atoms with Crippen molar-refractivity contribution in [2.24, 2.45) is 0 Å². The Morgan fingerprint density at radius 2 is 2.00 bits per heavy atom. The maximum Gasteiger partial charge on any atom is 0.175 e. The summed E-state index contributed by atoms with van der Waals surface area (Å²) in [6.07, 6.45) is 0.499. The SMILES string of the molecule is O=C1CC(Br)(Br)c2c1sc1ccccc21. The summed E-state index contributed by atoms with van der Waals surface area (Å²) in [6, 6.07) is 8.14. The van der Waals surface area contributed by atoms with Crippen molar-refractivity contribution in [2.45, 2.75) is 9.65 Å². The van der Waals surface area contributed by atoms with Gasteiger partial charge in [0.25, 0.3) is 0 Å². The van der Waals surface area contributed by atoms with E-state index >= 15 is 0 Å². The van der Waals surface area contributed by atoms with Gasteiger partial charge in [0.2, 0.25) is 0 Å². The molecule has 0 unspecified atom stereocenters. The molecular formula is C11H6Br2OS. The Kier molecular flexibility index (Phi) is 2.10. The number of halogens is 2. The van der Waals surface area contributed by atoms with E-state index in [4.69, 9.17) is 0 Å². The molecule has 1 heterocycles. The second kappa shape index (κ2) is 3.15. The summed E-state index contributed by atoms with van der Waals surface area (Å²) in [5, 5.41) is 1.18. The number of rotatable bonds is 0. The quantitative estimate of drug-likeness (QED) is 0.645. The molecule has 3 rings (SSSR count). The van der Waals surface area contributed by atoms with Gasteiger partial charge in [-0.25, -0.2) is 0 Å². The fraction of sp³-hybridized carbons (Fsp3) is 0.182. The van der Waals surface area contributed by atoms with Crippen LogP contribution in [-0.4, -0.2) is 5.78 Å². The van der Waals surface area contributed by atoms with E-state index in [1.165, 1.54) is 10.1 Å². The molecule has 0 amide bonds. The van der Waals surface area contributed by atoms with E-state index in [0.717, 1.165) is 10.4 Å². The van der Waals surface area contributed by atoms with Gasteiger partial charge in [0, 0.05) is 16.7 Å². The van der Waals surface area contributed by atoms with Gasteiger partial charge in [-0.2, -0.15) is 0 Å². The van der Waals surface area contributed by atoms with Gasteiger partial charge in [-0.3, -0.25) is 4.79 Å². The summed E-state index contributed by atoms with van der Waals surface area (Å²) >= 11 is 8.76. The van der Waals surface area contributed by atoms with E-state index in [1.807, 2.05) is 12.1 Å². The molecule has 1 aliphatic carbocycles. The average molecular weight is 346 g/mol. The van der Waals surface area contributed by atoms with Crippen LogP contribution < -0.4 is 0 Å². The third kappa shape index (κ3) is 1.35. The highest BCUT2D eigenvalue weighted by molar-refractivity contribution is 9.24. The largest absolute Gasteiger partial charge is 0.293 e. The van der Waals surface area contributed by atoms with Crippen molar-refractivity contribution in [2.75, 3.05) is 0 Å². The molecule has 15 heavy (non-hydrogen) atoms. The number of hydrogen-bond acceptors (Lipinski definition) is 2. The number of thiophene rings is 1. The van der Waals surface area contributed by atoms with Crippen LogP contribution in [0.15, 0.2) is 24.3 Å². The van der Waals surface area contributed by atoms with E-state index in [9.17, 15) is 4.79 Å². The van der Waals surface area contributed by atoms with Crippen molar-refractivity contribution in [3.63, 3.8) is 0 Å². The van der Waals surface area contributed by atoms with Crippen LogP contribution in [-0.2, 0) is 3.23 Å². The molecule has 0 saturated carbocycles. The fourth-order valence-electron chi connectivity index (χ4n) is 1.98. The predicted octanol–water partition coefficient (Wildman–Crippen LogP) is 4.43. The minimum atomic E-state index is -0.355. The number of carbonyl (C=O) groups excluding carboxylic acids is 1. The molecule has 0 fully saturated rings. The van der Waals surface area contributed by atoms with E-state index in [-0.39, 0.29) is 9.02 Å². The normalized spacial score (nSPS) is 18.4. The molecule has 0 N–H and O–H groups in total. The van der Waals surface area contributed by atoms with Gasteiger partial charge in [-0.05, 0) is 11.5 Å². The van der Waals surface area contributed by atoms with E-state index in [1.54, 1.807) is 11.3 Å². The smallest absolute Gasteiger partial charge is 0.175 e. The molecule has 1 nitrogen and oxygen atoms in total. The number of alkyl halides is 2. The number of benzene rings is 1. The molecule has 0 radical (unpaired) electrons. The van der Waals surface area contributed by atoms with Crippen molar-refractivity contribution in [1.29, 1.82) is 0 Å². The van der Waals surface area contributed by atoms with Crippen LogP contribution in [0.2, 0.25) is 0 Å². The molecule has 4 heteroatoms. The van der Waals surface area contributed by atoms with Gasteiger partial charge < -0.3 is 0 Å². The van der Waals surface area contributed by atoms with Gasteiger partial charge in [-0.15, -0.1) is 11.3 Å². The van der Waals surface area contributed by atoms with Gasteiger partial charge in [0.1, 0.15) is 3.23 Å². The number of carbonyl (C=O) groups is 1. The molecule has 0 spiro atoms. The monoisotopic (exact) mass is 344 g/mol. The molecular weight excluding hydrogens is 340 g/mol. The van der Waals surface area contributed by atoms with Crippen LogP contribution >= 0.6 is 43.2 Å². The van der Waals surface area contributed by atoms with Crippen LogP contribution in [0.1, 0.15) is 21.7 Å². The Hall–Kier alpha value is -0.190. The molecule has 76 valence electrons. The van der Waals surface area contributed by atoms with Gasteiger partial charge in [-0.1, -0.05) is 50.1 Å². The van der Waals surface area contributed by atoms with Crippen LogP contribution in [0.4, 0.5) is 0 Å². The van der Waals surface area contributed by atoms with Crippen LogP contribution in [0, 0.1) is 0 Å². The molecule has 0 atom stereocenters. The first-order valence-electron chi connectivity index (χ1n) is 4.52. The molecule has 1 aromatic heterocycles. The zero-order valence-corrected chi connectivity index (χ0v) is 11.6. The Bertz CT molecular complexity index is 571. The van der Waals surface area contributed by atoms with Crippen molar-refractivity contribution < 1.29 is 4.79 Å². The van der Waals surface area contributed by atoms with Gasteiger partial charge in [0.05, 0.1) is 4.88 Å². The first-order chi connectivity index (χ1) is 7.09. The molecule has 0 saturated heterocycles. The highest BCUT2D eigenvalue weighted by Crippen LogP contribution is 2.54. The topological polar surface area (TPSA) is 17.1 Å². The van der Waals surface area contributed by atoms with Crippen molar-refractivity contribution >= 4 is 59.1 Å². The molecule has 0 aliphatic heterocycles. The Morgan fingerprint density at radius 1 is 1.27 bits per heavy atom. The number of ketones is 1. The second-order valence-electron chi connectivity index (χ2n) is 3.61. The first kappa shape index (κ1) is 10.00. The average Bonchev–Trinajstić information content (AvgIpc) is 2.64. The highest BCUT2D eigenvalue weighted by atomic mass is 79.9. The summed E-state index contributed by atoms with van der Waals surface area (Å²) in [6.45, 7) is 0. The summed E-state index contributed by atoms with van der Waals surface area (Å²) in [5.74, 6) is 0.222. The third-order valence-electron chi connectivity index (χ3n) is 2.60. The Labute approximate surface area is 108 Å². The lowest BCUT2D eigenvalue weighted by atomic mass is 10.1. The Balaban J connectivity index is 2.45. The highest BCUT2D eigenvalue weighted by Gasteiger charge is 2.42. The number of Topliss-reactive ketones (excluding diaryl/α,β-unsaturated/α-hetero) is 1. The first-order valence-corrected chi connectivity index (χ1v) is 6.93. The molecule has 0 bridgehead atoms. The van der Waals surface area contributed by atoms with Crippen LogP contribution in [0.25, 0.3) is 10.1 Å². The lowest BCUT2D eigenvalue weighted by molar-refractivity contribution is 0.0996. The van der Waals surface area contributed by atoms with Crippen molar-refractivity contribution in [3.8, 4) is 0 Å². The summed E-state index contributed by atoms with van der Waals surface area (Å²) in [4.78, 5) is 12.7. The zero-order valence-electron chi connectivity index (χ0n) is 7.59. The predicted molar refractivity (Wildman–Crippen MR) is 70.3 cm³/mol. The molecule has 1 aromatic carbocycles. The maximum absolute atomic E-state index is 11.8.